The zero-order valence-electron chi connectivity index (χ0n) is 36.7. The fourth-order valence-corrected chi connectivity index (χ4v) is 8.63. The fourth-order valence-electron chi connectivity index (χ4n) is 8.63. The lowest BCUT2D eigenvalue weighted by molar-refractivity contribution is 0.00578. The number of fused-ring (bicyclic) bond motifs is 2. The van der Waals surface area contributed by atoms with Crippen LogP contribution in [0.15, 0.2) is 194 Å². The van der Waals surface area contributed by atoms with Crippen LogP contribution in [0.5, 0.6) is 0 Å². The molecule has 0 N–H and O–H groups in total. The third-order valence-electron chi connectivity index (χ3n) is 13.0. The second-order valence-corrected chi connectivity index (χ2v) is 18.0. The Kier molecular flexibility index (Phi) is 10.1. The first-order valence-corrected chi connectivity index (χ1v) is 21.7. The van der Waals surface area contributed by atoms with Gasteiger partial charge < -0.3 is 28.4 Å². The summed E-state index contributed by atoms with van der Waals surface area (Å²) in [6.07, 6.45) is 0. The Morgan fingerprint density at radius 3 is 1.27 bits per heavy atom. The maximum atomic E-state index is 6.50. The minimum atomic E-state index is -0.571. The van der Waals surface area contributed by atoms with Crippen molar-refractivity contribution in [1.82, 2.24) is 0 Å². The highest BCUT2D eigenvalue weighted by atomic mass is 16.7. The normalized spacial score (nSPS) is 16.4. The summed E-state index contributed by atoms with van der Waals surface area (Å²) in [6.45, 7) is 16.5. The molecule has 8 aromatic carbocycles. The third-order valence-corrected chi connectivity index (χ3v) is 13.0. The Hall–Kier alpha value is -6.57. The molecule has 8 heteroatoms. The summed E-state index contributed by atoms with van der Waals surface area (Å²) in [4.78, 5) is 4.64. The molecular formula is C55H50B2N2O4. The molecule has 8 aromatic rings. The number of hydrogen-bond donors (Lipinski definition) is 0. The molecule has 0 amide bonds. The molecule has 0 saturated carbocycles. The molecule has 2 fully saturated rings. The van der Waals surface area contributed by atoms with Gasteiger partial charge in [0.2, 0.25) is 0 Å². The first-order chi connectivity index (χ1) is 30.3. The molecule has 0 aliphatic carbocycles. The standard InChI is InChI=1S/C55H50B2N2O4/c1-38-53(2,3)61-56(60-38)43-20-14-22-47(36-43)58(51-26-12-18-41-16-8-10-24-49(41)51)45-32-28-39(29-33-45)40-30-34-46(35-31-40)59(52-27-13-19-42-17-9-11-25-50(42)52)48-23-15-21-44(37-48)57-62-54(4,5)55(6,7)63-57/h8-37H,1H2,2-7H3. The van der Waals surface area contributed by atoms with Crippen LogP contribution in [0, 0.1) is 0 Å². The smallest absolute Gasteiger partial charge is 0.534 e. The van der Waals surface area contributed by atoms with Crippen molar-refractivity contribution in [1.29, 1.82) is 0 Å². The summed E-state index contributed by atoms with van der Waals surface area (Å²) in [5.41, 5.74) is 8.96. The molecule has 0 unspecified atom stereocenters. The molecule has 2 saturated heterocycles. The van der Waals surface area contributed by atoms with Gasteiger partial charge in [-0.05, 0) is 135 Å². The number of hydrogen-bond acceptors (Lipinski definition) is 6. The molecule has 6 nitrogen and oxygen atoms in total. The van der Waals surface area contributed by atoms with E-state index >= 15 is 0 Å². The van der Waals surface area contributed by atoms with Gasteiger partial charge in [-0.2, -0.15) is 0 Å². The molecule has 0 bridgehead atoms. The van der Waals surface area contributed by atoms with Crippen LogP contribution in [0.2, 0.25) is 0 Å². The van der Waals surface area contributed by atoms with Gasteiger partial charge in [-0.15, -0.1) is 0 Å². The molecule has 2 aliphatic heterocycles. The quantitative estimate of drug-likeness (QED) is 0.135. The van der Waals surface area contributed by atoms with E-state index in [1.807, 2.05) is 13.8 Å². The summed E-state index contributed by atoms with van der Waals surface area (Å²) in [5, 5.41) is 4.67. The lowest BCUT2D eigenvalue weighted by Gasteiger charge is -2.32. The Labute approximate surface area is 371 Å². The van der Waals surface area contributed by atoms with Gasteiger partial charge in [0.15, 0.2) is 0 Å². The van der Waals surface area contributed by atoms with E-state index < -0.39 is 31.0 Å². The van der Waals surface area contributed by atoms with Crippen molar-refractivity contribution in [2.24, 2.45) is 0 Å². The Morgan fingerprint density at radius 1 is 0.413 bits per heavy atom. The highest BCUT2D eigenvalue weighted by Crippen LogP contribution is 2.43. The van der Waals surface area contributed by atoms with E-state index in [4.69, 9.17) is 18.6 Å². The van der Waals surface area contributed by atoms with Gasteiger partial charge in [0, 0.05) is 33.5 Å². The number of rotatable bonds is 9. The van der Waals surface area contributed by atoms with Gasteiger partial charge in [0.25, 0.3) is 0 Å². The average molecular weight is 825 g/mol. The molecule has 10 rings (SSSR count). The highest BCUT2D eigenvalue weighted by Gasteiger charge is 2.52. The molecule has 0 aromatic heterocycles. The van der Waals surface area contributed by atoms with Crippen LogP contribution in [0.4, 0.5) is 34.1 Å². The van der Waals surface area contributed by atoms with Gasteiger partial charge in [-0.25, -0.2) is 0 Å². The summed E-state index contributed by atoms with van der Waals surface area (Å²) in [5.74, 6) is 0.626. The van der Waals surface area contributed by atoms with E-state index in [2.05, 4.69) is 226 Å². The lowest BCUT2D eigenvalue weighted by Crippen LogP contribution is -2.41. The molecule has 0 radical (unpaired) electrons. The molecular weight excluding hydrogens is 774 g/mol. The van der Waals surface area contributed by atoms with Crippen molar-refractivity contribution in [3.8, 4) is 11.1 Å². The fraction of sp³-hybridized carbons (Fsp3) is 0.164. The van der Waals surface area contributed by atoms with Crippen LogP contribution in [-0.4, -0.2) is 31.0 Å². The van der Waals surface area contributed by atoms with Gasteiger partial charge in [-0.1, -0.05) is 128 Å². The number of nitrogens with zero attached hydrogens (tertiary/aromatic N) is 2. The Balaban J connectivity index is 1.01. The highest BCUT2D eigenvalue weighted by molar-refractivity contribution is 6.62. The van der Waals surface area contributed by atoms with Crippen LogP contribution >= 0.6 is 0 Å². The lowest BCUT2D eigenvalue weighted by atomic mass is 9.79. The summed E-state index contributed by atoms with van der Waals surface area (Å²) in [7, 11) is -1.01. The third kappa shape index (κ3) is 7.48. The summed E-state index contributed by atoms with van der Waals surface area (Å²) in [6, 6.07) is 64.6. The van der Waals surface area contributed by atoms with E-state index in [0.717, 1.165) is 61.6 Å². The monoisotopic (exact) mass is 824 g/mol. The van der Waals surface area contributed by atoms with Crippen molar-refractivity contribution in [2.75, 3.05) is 9.80 Å². The van der Waals surface area contributed by atoms with Crippen LogP contribution in [0.1, 0.15) is 41.5 Å². The minimum absolute atomic E-state index is 0.440. The van der Waals surface area contributed by atoms with Crippen LogP contribution in [0.3, 0.4) is 0 Å². The van der Waals surface area contributed by atoms with Crippen molar-refractivity contribution < 1.29 is 18.6 Å². The van der Waals surface area contributed by atoms with Gasteiger partial charge in [-0.3, -0.25) is 0 Å². The van der Waals surface area contributed by atoms with Crippen molar-refractivity contribution in [2.45, 2.75) is 58.3 Å². The maximum Gasteiger partial charge on any atom is 0.563 e. The van der Waals surface area contributed by atoms with Gasteiger partial charge in [0.05, 0.1) is 28.3 Å². The molecule has 0 spiro atoms. The number of anilines is 6. The second kappa shape index (κ2) is 15.7. The molecule has 310 valence electrons. The van der Waals surface area contributed by atoms with Crippen molar-refractivity contribution in [3.63, 3.8) is 0 Å². The average Bonchev–Trinajstić information content (AvgIpc) is 3.70. The van der Waals surface area contributed by atoms with E-state index in [1.165, 1.54) is 16.2 Å². The van der Waals surface area contributed by atoms with E-state index in [1.54, 1.807) is 0 Å². The van der Waals surface area contributed by atoms with Crippen LogP contribution in [0.25, 0.3) is 32.7 Å². The minimum Gasteiger partial charge on any atom is -0.534 e. The first-order valence-electron chi connectivity index (χ1n) is 21.7. The predicted octanol–water partition coefficient (Wildman–Crippen LogP) is 12.9. The predicted molar refractivity (Wildman–Crippen MR) is 263 cm³/mol. The molecule has 63 heavy (non-hydrogen) atoms. The summed E-state index contributed by atoms with van der Waals surface area (Å²) >= 11 is 0. The van der Waals surface area contributed by atoms with Crippen molar-refractivity contribution in [3.05, 3.63) is 194 Å². The van der Waals surface area contributed by atoms with E-state index in [-0.39, 0.29) is 0 Å². The van der Waals surface area contributed by atoms with Crippen molar-refractivity contribution >= 4 is 80.8 Å². The topological polar surface area (TPSA) is 43.4 Å². The van der Waals surface area contributed by atoms with Crippen LogP contribution < -0.4 is 20.7 Å². The Bertz CT molecular complexity index is 2970. The summed E-state index contributed by atoms with van der Waals surface area (Å²) < 4.78 is 25.4. The first kappa shape index (κ1) is 40.5. The number of benzene rings is 8. The zero-order chi connectivity index (χ0) is 43.5. The van der Waals surface area contributed by atoms with Gasteiger partial charge in [0.1, 0.15) is 5.60 Å². The maximum absolute atomic E-state index is 6.50. The van der Waals surface area contributed by atoms with Crippen LogP contribution in [-0.2, 0) is 18.6 Å². The zero-order valence-corrected chi connectivity index (χ0v) is 36.7. The SMILES string of the molecule is C=C1OB(c2cccc(N(c3ccc(-c4ccc(N(c5cccc(B6OC(C)(C)C(C)(C)O6)c5)c5cccc6ccccc56)cc4)cc3)c3cccc4ccccc34)c2)OC1(C)C. The second-order valence-electron chi connectivity index (χ2n) is 18.0. The van der Waals surface area contributed by atoms with Gasteiger partial charge >= 0.3 is 14.2 Å². The van der Waals surface area contributed by atoms with E-state index in [9.17, 15) is 0 Å². The largest absolute Gasteiger partial charge is 0.563 e. The Morgan fingerprint density at radius 2 is 0.825 bits per heavy atom. The molecule has 0 atom stereocenters. The molecule has 2 heterocycles. The molecule has 2 aliphatic rings. The van der Waals surface area contributed by atoms with E-state index in [0.29, 0.717) is 5.76 Å².